The molecule has 0 radical (unpaired) electrons. The summed E-state index contributed by atoms with van der Waals surface area (Å²) in [5, 5.41) is 17.8. The molecule has 0 spiro atoms. The van der Waals surface area contributed by atoms with Crippen molar-refractivity contribution >= 4 is 233 Å². The van der Waals surface area contributed by atoms with Crippen LogP contribution in [0.1, 0.15) is 0 Å². The average molecular weight is 2350 g/mol. The average Bonchev–Trinajstić information content (AvgIpc) is 1.68. The summed E-state index contributed by atoms with van der Waals surface area (Å²) in [5.41, 5.74) is -3.31. The van der Waals surface area contributed by atoms with E-state index in [0.29, 0.717) is 0 Å². The minimum absolute atomic E-state index is 0. The molecular formula is C78H72Cl4F12P8Pd2PtSe4. The van der Waals surface area contributed by atoms with E-state index in [4.69, 9.17) is 46.4 Å². The largest absolute Gasteiger partial charge is 0.0622 e. The Morgan fingerprint density at radius 1 is 0.229 bits per heavy atom. The fourth-order valence-corrected chi connectivity index (χ4v) is 37.3. The normalized spacial score (nSPS) is 12.0. The Labute approximate surface area is 735 Å². The van der Waals surface area contributed by atoms with Gasteiger partial charge in [-0.3, -0.25) is 0 Å². The fourth-order valence-electron chi connectivity index (χ4n) is 10.2. The van der Waals surface area contributed by atoms with Crippen LogP contribution in [0.3, 0.4) is 0 Å². The molecule has 12 rings (SSSR count). The third-order valence-corrected chi connectivity index (χ3v) is 43.2. The van der Waals surface area contributed by atoms with Crippen LogP contribution in [0.5, 0.6) is 0 Å². The topological polar surface area (TPSA) is 0 Å². The molecule has 590 valence electrons. The first-order valence-corrected chi connectivity index (χ1v) is 52.2. The molecule has 0 aliphatic rings. The number of halogens is 16. The van der Waals surface area contributed by atoms with Crippen molar-refractivity contribution in [3.63, 3.8) is 0 Å². The van der Waals surface area contributed by atoms with E-state index >= 15 is 0 Å². The summed E-state index contributed by atoms with van der Waals surface area (Å²) >= 11 is 26.5. The van der Waals surface area contributed by atoms with Crippen molar-refractivity contribution in [1.82, 2.24) is 0 Å². The first kappa shape index (κ1) is 106. The van der Waals surface area contributed by atoms with E-state index in [1.807, 2.05) is 0 Å². The molecule has 0 fully saturated rings. The third-order valence-electron chi connectivity index (χ3n) is 14.5. The van der Waals surface area contributed by atoms with E-state index in [1.54, 1.807) is 0 Å². The van der Waals surface area contributed by atoms with Crippen molar-refractivity contribution in [2.45, 2.75) is 0 Å². The molecule has 0 saturated carbocycles. The van der Waals surface area contributed by atoms with Crippen LogP contribution in [0.2, 0.25) is 0 Å². The van der Waals surface area contributed by atoms with Gasteiger partial charge in [0, 0.05) is 0 Å². The number of rotatable bonds is 19. The van der Waals surface area contributed by atoms with Crippen molar-refractivity contribution in [3.05, 3.63) is 364 Å². The van der Waals surface area contributed by atoms with Crippen LogP contribution < -0.4 is 63.7 Å². The van der Waals surface area contributed by atoms with Crippen LogP contribution in [-0.2, 0) is 61.9 Å². The van der Waals surface area contributed by atoms with Crippen LogP contribution >= 0.6 is 105 Å². The summed E-state index contributed by atoms with van der Waals surface area (Å²) in [6, 6.07) is 132. The van der Waals surface area contributed by atoms with Crippen molar-refractivity contribution in [2.75, 3.05) is 34.8 Å². The smallest absolute Gasteiger partial charge is 0.0195 e. The monoisotopic (exact) mass is 2350 g/mol. The molecule has 0 saturated heterocycles. The Balaban J connectivity index is 0.000000710. The van der Waals surface area contributed by atoms with Crippen molar-refractivity contribution < 1.29 is 112 Å². The van der Waals surface area contributed by atoms with Crippen LogP contribution in [0.25, 0.3) is 0 Å². The predicted octanol–water partition coefficient (Wildman–Crippen LogP) is 23.7. The number of benzene rings is 12. The molecular weight excluding hydrogens is 2280 g/mol. The summed E-state index contributed by atoms with van der Waals surface area (Å²) in [6.07, 6.45) is 2.41. The number of hydrogen-bond donors (Lipinski definition) is 0. The molecule has 109 heavy (non-hydrogen) atoms. The number of hydrogen-bond acceptors (Lipinski definition) is 0. The van der Waals surface area contributed by atoms with Gasteiger partial charge in [-0.1, -0.05) is 121 Å². The molecule has 0 amide bonds. The summed E-state index contributed by atoms with van der Waals surface area (Å²) in [4.78, 5) is 0. The zero-order valence-electron chi connectivity index (χ0n) is 57.1. The van der Waals surface area contributed by atoms with Crippen LogP contribution in [0.15, 0.2) is 364 Å². The molecule has 12 aromatic rings. The van der Waals surface area contributed by atoms with Crippen molar-refractivity contribution in [2.24, 2.45) is 0 Å². The minimum Gasteiger partial charge on any atom is -0.0622 e. The Morgan fingerprint density at radius 2 is 0.330 bits per heavy atom. The molecule has 0 heterocycles. The predicted molar refractivity (Wildman–Crippen MR) is 457 cm³/mol. The molecule has 0 nitrogen and oxygen atoms in total. The van der Waals surface area contributed by atoms with Gasteiger partial charge < -0.3 is 34.1 Å². The van der Waals surface area contributed by atoms with Crippen molar-refractivity contribution in [1.29, 1.82) is 0 Å². The van der Waals surface area contributed by atoms with Gasteiger partial charge in [-0.2, -0.15) is 0 Å². The van der Waals surface area contributed by atoms with E-state index in [1.165, 1.54) is 76.0 Å². The van der Waals surface area contributed by atoms with Gasteiger partial charge in [-0.25, -0.2) is 0 Å². The summed E-state index contributed by atoms with van der Waals surface area (Å²) in [7, 11) is -22.9. The minimum atomic E-state index is -10.7. The first-order chi connectivity index (χ1) is 49.2. The second kappa shape index (κ2) is 49.7. The second-order valence-corrected chi connectivity index (χ2v) is 51.1. The number of alkyl halides is 4. The summed E-state index contributed by atoms with van der Waals surface area (Å²) in [5.74, 6) is 2.26. The Morgan fingerprint density at radius 3 is 0.450 bits per heavy atom. The maximum atomic E-state index is 9.87. The third kappa shape index (κ3) is 42.5. The van der Waals surface area contributed by atoms with E-state index in [2.05, 4.69) is 394 Å². The molecule has 0 aliphatic carbocycles. The second-order valence-electron chi connectivity index (χ2n) is 22.1. The zero-order chi connectivity index (χ0) is 75.7. The molecule has 31 heteroatoms. The van der Waals surface area contributed by atoms with E-state index in [9.17, 15) is 50.4 Å². The van der Waals surface area contributed by atoms with Gasteiger partial charge in [0.15, 0.2) is 0 Å². The molecule has 0 atom stereocenters. The van der Waals surface area contributed by atoms with E-state index < -0.39 is 42.5 Å². The van der Waals surface area contributed by atoms with E-state index in [0.717, 1.165) is 11.8 Å². The quantitative estimate of drug-likeness (QED) is 0.0328. The van der Waals surface area contributed by atoms with Gasteiger partial charge in [-0.15, -0.1) is 46.4 Å². The van der Waals surface area contributed by atoms with Gasteiger partial charge in [0.2, 0.25) is 0 Å². The van der Waals surface area contributed by atoms with Crippen LogP contribution in [0, 0.1) is 0 Å². The van der Waals surface area contributed by atoms with Gasteiger partial charge in [0.1, 0.15) is 0 Å². The molecule has 0 N–H and O–H groups in total. The molecule has 0 aliphatic heterocycles. The van der Waals surface area contributed by atoms with Gasteiger partial charge in [0.05, 0.1) is 10.7 Å². The van der Waals surface area contributed by atoms with Gasteiger partial charge >= 0.3 is 482 Å². The molecule has 12 aromatic carbocycles. The zero-order valence-corrected chi connectivity index (χ0v) is 79.5. The maximum Gasteiger partial charge on any atom is -0.0195 e. The fraction of sp³-hybridized carbons (Fsp3) is 0.0769. The summed E-state index contributed by atoms with van der Waals surface area (Å²) in [6.45, 7) is 0. The Bertz CT molecular complexity index is 3950. The summed E-state index contributed by atoms with van der Waals surface area (Å²) < 4.78 is 118. The standard InChI is InChI=1S/C26H24P2.2C25H22P2Se.2CH2Cl2.2F6P.2Pd.Pt.2Se/c1-5-13-23(14-6-1)27(24-15-7-2-8-16-24)21-22-28(25-17-9-3-10-18-25)26-19-11-4-12-20-26;2*28-27(24-17-9-3-10-18-24,25-19-11-4-12-20-25)21-26(22-13-5-1-6-14-22)23-15-7-2-8-16-23;2*2-1-3;2*1-7(2,3,4,5)6;;;;;/h1-20H,21-22H2;2*1-20H,21H2;2*1H2;;;;;;;/q;;;;;2*-1;3*+2;2*-2. The van der Waals surface area contributed by atoms with Crippen LogP contribution in [0.4, 0.5) is 50.4 Å². The van der Waals surface area contributed by atoms with Crippen LogP contribution in [-0.4, -0.2) is 99.1 Å². The van der Waals surface area contributed by atoms with Crippen molar-refractivity contribution in [3.8, 4) is 0 Å². The SMILES string of the molecule is ClCCl.ClCCl.F[P-](F)(F)(F)(F)F.F[P-](F)(F)(F)(F)F.[Pd+2].[Pd+2].[Pt+2].[Se-2].[Se-2].[Se]=P(CP(c1ccccc1)c1ccccc1)(c1ccccc1)c1ccccc1.[Se]=P(CP(c1ccccc1)c1ccccc1)(c1ccccc1)c1ccccc1.c1ccc(P(CCP(c2ccccc2)c2ccccc2)c2ccccc2)cc1. The van der Waals surface area contributed by atoms with Gasteiger partial charge in [-0.05, 0) is 49.4 Å². The Kier molecular flexibility index (Phi) is 48.1. The first-order valence-electron chi connectivity index (χ1n) is 31.5. The van der Waals surface area contributed by atoms with E-state index in [-0.39, 0.29) is 123 Å². The Hall–Kier alpha value is -1.51. The maximum absolute atomic E-state index is 10.7. The van der Waals surface area contributed by atoms with Gasteiger partial charge in [0.25, 0.3) is 0 Å². The molecule has 0 unspecified atom stereocenters. The molecule has 0 aromatic heterocycles. The molecule has 0 bridgehead atoms.